The smallest absolute Gasteiger partial charge is 0.387 e. The fourth-order valence-electron chi connectivity index (χ4n) is 7.89. The largest absolute Gasteiger partial charge is 0.497 e. The highest BCUT2D eigenvalue weighted by molar-refractivity contribution is 6.33. The van der Waals surface area contributed by atoms with Crippen LogP contribution in [0.1, 0.15) is 50.3 Å². The summed E-state index contributed by atoms with van der Waals surface area (Å²) in [5.41, 5.74) is 5.11. The molecule has 6 N–H and O–H groups in total. The van der Waals surface area contributed by atoms with Gasteiger partial charge in [0, 0.05) is 18.6 Å². The fourth-order valence-corrected chi connectivity index (χ4v) is 8.12. The minimum atomic E-state index is -2.95. The van der Waals surface area contributed by atoms with Crippen LogP contribution in [-0.2, 0) is 0 Å². The van der Waals surface area contributed by atoms with Gasteiger partial charge in [0.15, 0.2) is 0 Å². The summed E-state index contributed by atoms with van der Waals surface area (Å²) in [6.45, 7) is -2.95. The number of aromatic nitrogens is 3. The second-order valence-corrected chi connectivity index (χ2v) is 17.8. The molecule has 0 radical (unpaired) electrons. The van der Waals surface area contributed by atoms with Crippen LogP contribution < -0.4 is 30.2 Å². The molecule has 3 heterocycles. The Bertz CT molecular complexity index is 3680. The van der Waals surface area contributed by atoms with Crippen LogP contribution in [0.3, 0.4) is 0 Å². The van der Waals surface area contributed by atoms with Gasteiger partial charge in [-0.1, -0.05) is 66.2 Å². The van der Waals surface area contributed by atoms with E-state index in [0.29, 0.717) is 27.4 Å². The topological polar surface area (TPSA) is 214 Å². The quantitative estimate of drug-likeness (QED) is 0.0468. The minimum absolute atomic E-state index is 0.00369. The van der Waals surface area contributed by atoms with Crippen molar-refractivity contribution in [2.24, 2.45) is 0 Å². The number of carbonyl (C=O) groups is 3. The van der Waals surface area contributed by atoms with Gasteiger partial charge >= 0.3 is 24.5 Å². The highest BCUT2D eigenvalue weighted by atomic mass is 35.5. The molecular formula is C60H47ClF4N6O9. The highest BCUT2D eigenvalue weighted by Gasteiger charge is 2.20. The SMILES string of the molecule is COc1cccc(-c2ccc(Nc3ncccc3C(=O)O)c(Cl)c2)c1.O=C(O)c1cccnc1Nc1ccc(-c2cccc(OC(F)F)c2)cc1F.O=C(O)c1cccnc1Nc1ccc(-c2cccc(OC3CCC3)c2)cc1F. The van der Waals surface area contributed by atoms with Crippen LogP contribution >= 0.6 is 11.6 Å². The predicted octanol–water partition coefficient (Wildman–Crippen LogP) is 15.0. The first-order chi connectivity index (χ1) is 38.6. The van der Waals surface area contributed by atoms with Crippen molar-refractivity contribution in [1.29, 1.82) is 0 Å². The van der Waals surface area contributed by atoms with Gasteiger partial charge in [0.2, 0.25) is 0 Å². The molecule has 6 aromatic carbocycles. The van der Waals surface area contributed by atoms with Crippen LogP contribution in [0.4, 0.5) is 52.1 Å². The van der Waals surface area contributed by atoms with Gasteiger partial charge in [-0.15, -0.1) is 0 Å². The Labute approximate surface area is 460 Å². The Balaban J connectivity index is 0.000000158. The average molecular weight is 1110 g/mol. The molecule has 0 atom stereocenters. The van der Waals surface area contributed by atoms with Crippen molar-refractivity contribution in [3.63, 3.8) is 0 Å². The third kappa shape index (κ3) is 14.7. The molecule has 80 heavy (non-hydrogen) atoms. The number of hydrogen-bond donors (Lipinski definition) is 6. The number of nitrogens with zero attached hydrogens (tertiary/aromatic N) is 3. The lowest BCUT2D eigenvalue weighted by Crippen LogP contribution is -2.24. The van der Waals surface area contributed by atoms with E-state index in [0.717, 1.165) is 41.0 Å². The Hall–Kier alpha value is -10.0. The van der Waals surface area contributed by atoms with Crippen LogP contribution in [0.5, 0.6) is 17.2 Å². The van der Waals surface area contributed by atoms with Crippen molar-refractivity contribution in [2.75, 3.05) is 23.1 Å². The molecule has 1 saturated carbocycles. The number of aromatic carboxylic acids is 3. The number of carboxylic acid groups (broad SMARTS) is 3. The van der Waals surface area contributed by atoms with E-state index < -0.39 is 36.2 Å². The minimum Gasteiger partial charge on any atom is -0.497 e. The molecule has 0 bridgehead atoms. The molecule has 0 saturated heterocycles. The summed E-state index contributed by atoms with van der Waals surface area (Å²) in [6, 6.07) is 44.4. The zero-order valence-electron chi connectivity index (χ0n) is 42.1. The van der Waals surface area contributed by atoms with E-state index in [2.05, 4.69) is 35.6 Å². The van der Waals surface area contributed by atoms with Gasteiger partial charge < -0.3 is 45.5 Å². The van der Waals surface area contributed by atoms with Crippen molar-refractivity contribution in [3.8, 4) is 50.6 Å². The van der Waals surface area contributed by atoms with Gasteiger partial charge in [-0.25, -0.2) is 38.1 Å². The van der Waals surface area contributed by atoms with Crippen molar-refractivity contribution >= 4 is 64.0 Å². The van der Waals surface area contributed by atoms with E-state index >= 15 is 0 Å². The van der Waals surface area contributed by atoms with Crippen LogP contribution in [0.2, 0.25) is 5.02 Å². The number of benzene rings is 6. The highest BCUT2D eigenvalue weighted by Crippen LogP contribution is 2.35. The number of anilines is 6. The number of nitrogens with one attached hydrogen (secondary N) is 3. The van der Waals surface area contributed by atoms with Crippen LogP contribution in [0.25, 0.3) is 33.4 Å². The van der Waals surface area contributed by atoms with Gasteiger partial charge in [0.05, 0.1) is 35.3 Å². The monoisotopic (exact) mass is 1110 g/mol. The lowest BCUT2D eigenvalue weighted by atomic mass is 9.96. The Morgan fingerprint density at radius 3 is 1.30 bits per heavy atom. The van der Waals surface area contributed by atoms with E-state index in [1.165, 1.54) is 91.7 Å². The maximum atomic E-state index is 14.7. The number of alkyl halides is 2. The summed E-state index contributed by atoms with van der Waals surface area (Å²) < 4.78 is 69.3. The Morgan fingerprint density at radius 2 is 0.900 bits per heavy atom. The maximum Gasteiger partial charge on any atom is 0.387 e. The first-order valence-electron chi connectivity index (χ1n) is 24.3. The Morgan fingerprint density at radius 1 is 0.512 bits per heavy atom. The molecule has 1 fully saturated rings. The molecular weight excluding hydrogens is 1060 g/mol. The van der Waals surface area contributed by atoms with Gasteiger partial charge in [-0.2, -0.15) is 8.78 Å². The number of hydrogen-bond acceptors (Lipinski definition) is 12. The molecule has 0 amide bonds. The van der Waals surface area contributed by atoms with Crippen LogP contribution in [0.15, 0.2) is 182 Å². The second kappa shape index (κ2) is 26.4. The molecule has 15 nitrogen and oxygen atoms in total. The number of ether oxygens (including phenoxy) is 3. The van der Waals surface area contributed by atoms with Gasteiger partial charge in [0.1, 0.15) is 63.0 Å². The summed E-state index contributed by atoms with van der Waals surface area (Å²) >= 11 is 6.37. The molecule has 3 aromatic heterocycles. The average Bonchev–Trinajstić information content (AvgIpc) is 3.44. The van der Waals surface area contributed by atoms with E-state index in [4.69, 9.17) is 26.2 Å². The normalized spacial score (nSPS) is 11.6. The fraction of sp³-hybridized carbons (Fsp3) is 0.100. The molecule has 406 valence electrons. The van der Waals surface area contributed by atoms with Gasteiger partial charge in [-0.05, 0) is 162 Å². The summed E-state index contributed by atoms with van der Waals surface area (Å²) in [5, 5.41) is 36.5. The van der Waals surface area contributed by atoms with Crippen molar-refractivity contribution in [2.45, 2.75) is 32.0 Å². The molecule has 0 spiro atoms. The molecule has 0 unspecified atom stereocenters. The summed E-state index contributed by atoms with van der Waals surface area (Å²) in [4.78, 5) is 45.7. The summed E-state index contributed by atoms with van der Waals surface area (Å²) in [5.74, 6) is -2.69. The maximum absolute atomic E-state index is 14.7. The molecule has 1 aliphatic carbocycles. The third-order valence-electron chi connectivity index (χ3n) is 12.1. The zero-order valence-corrected chi connectivity index (χ0v) is 42.9. The first-order valence-corrected chi connectivity index (χ1v) is 24.7. The molecule has 10 rings (SSSR count). The van der Waals surface area contributed by atoms with Gasteiger partial charge in [-0.3, -0.25) is 0 Å². The lowest BCUT2D eigenvalue weighted by molar-refractivity contribution is -0.0498. The summed E-state index contributed by atoms with van der Waals surface area (Å²) in [6.07, 6.45) is 7.98. The number of pyridine rings is 3. The zero-order chi connectivity index (χ0) is 56.7. The second-order valence-electron chi connectivity index (χ2n) is 17.4. The molecule has 0 aliphatic heterocycles. The predicted molar refractivity (Wildman–Crippen MR) is 295 cm³/mol. The summed E-state index contributed by atoms with van der Waals surface area (Å²) in [7, 11) is 1.62. The number of carboxylic acids is 3. The van der Waals surface area contributed by atoms with Crippen molar-refractivity contribution < 1.29 is 61.5 Å². The van der Waals surface area contributed by atoms with Gasteiger partial charge in [0.25, 0.3) is 0 Å². The Kier molecular flexibility index (Phi) is 18.5. The number of halogens is 5. The van der Waals surface area contributed by atoms with E-state index in [1.807, 2.05) is 60.7 Å². The lowest BCUT2D eigenvalue weighted by Gasteiger charge is -2.26. The van der Waals surface area contributed by atoms with Crippen LogP contribution in [-0.4, -0.2) is 68.0 Å². The van der Waals surface area contributed by atoms with Crippen LogP contribution in [0, 0.1) is 11.6 Å². The van der Waals surface area contributed by atoms with Crippen molar-refractivity contribution in [3.05, 3.63) is 216 Å². The number of rotatable bonds is 17. The van der Waals surface area contributed by atoms with Crippen molar-refractivity contribution in [1.82, 2.24) is 15.0 Å². The molecule has 9 aromatic rings. The standard InChI is InChI=1S/C22H19FN2O3.C19H15ClN2O3.C19H13F3N2O3/c23-19-13-15(14-4-1-7-17(12-14)28-16-5-2-6-16)9-10-20(19)25-21-18(22(26)27)8-3-11-24-21;1-25-14-5-2-4-12(10-14)13-7-8-17(16(20)11-13)22-18-15(19(23)24)6-3-9-21-18;20-15-10-12(11-3-1-4-13(9-11)27-19(21)22)6-7-16(15)24-17-14(18(25)26)5-2-8-23-17/h1,3-4,7-13,16H,2,5-6H2,(H,24,25)(H,26,27);2-11H,1H3,(H,21,22)(H,23,24);1-10,19H,(H,23,24)(H,25,26). The number of methoxy groups -OCH3 is 1. The van der Waals surface area contributed by atoms with E-state index in [-0.39, 0.29) is 57.4 Å². The molecule has 20 heteroatoms. The molecule has 1 aliphatic rings. The van der Waals surface area contributed by atoms with E-state index in [1.54, 1.807) is 43.5 Å². The van der Waals surface area contributed by atoms with E-state index in [9.17, 15) is 42.2 Å². The first kappa shape index (κ1) is 56.2. The third-order valence-corrected chi connectivity index (χ3v) is 12.4.